The predicted molar refractivity (Wildman–Crippen MR) is 52.4 cm³/mol. The van der Waals surface area contributed by atoms with Crippen molar-refractivity contribution >= 4 is 5.69 Å². The number of nitrogens with zero attached hydrogens (tertiary/aromatic N) is 1. The molecule has 1 heterocycles. The number of hydrogen-bond acceptors (Lipinski definition) is 1. The van der Waals surface area contributed by atoms with Crippen LogP contribution in [0, 0.1) is 5.41 Å². The van der Waals surface area contributed by atoms with E-state index in [4.69, 9.17) is 0 Å². The lowest BCUT2D eigenvalue weighted by Crippen LogP contribution is -2.53. The molecule has 0 radical (unpaired) electrons. The highest BCUT2D eigenvalue weighted by atomic mass is 15.2. The monoisotopic (exact) mass is 161 g/mol. The van der Waals surface area contributed by atoms with Crippen molar-refractivity contribution in [3.05, 3.63) is 30.3 Å². The van der Waals surface area contributed by atoms with Crippen LogP contribution in [0.5, 0.6) is 0 Å². The second-order valence-corrected chi connectivity index (χ2v) is 4.36. The van der Waals surface area contributed by atoms with Crippen molar-refractivity contribution in [2.75, 3.05) is 18.0 Å². The average molecular weight is 161 g/mol. The van der Waals surface area contributed by atoms with Gasteiger partial charge in [-0.25, -0.2) is 0 Å². The Morgan fingerprint density at radius 2 is 1.67 bits per heavy atom. The van der Waals surface area contributed by atoms with Crippen LogP contribution >= 0.6 is 0 Å². The van der Waals surface area contributed by atoms with Gasteiger partial charge in [0.1, 0.15) is 0 Å². The zero-order chi connectivity index (χ0) is 8.60. The molecule has 1 aliphatic heterocycles. The molecule has 0 saturated carbocycles. The van der Waals surface area contributed by atoms with Crippen LogP contribution in [-0.4, -0.2) is 13.1 Å². The van der Waals surface area contributed by atoms with Crippen LogP contribution in [0.4, 0.5) is 5.69 Å². The van der Waals surface area contributed by atoms with E-state index < -0.39 is 0 Å². The molecule has 1 aliphatic rings. The lowest BCUT2D eigenvalue weighted by atomic mass is 9.84. The van der Waals surface area contributed by atoms with Gasteiger partial charge in [0.15, 0.2) is 0 Å². The first kappa shape index (κ1) is 7.66. The number of hydrogen-bond donors (Lipinski definition) is 0. The first-order valence-electron chi connectivity index (χ1n) is 4.47. The van der Waals surface area contributed by atoms with Gasteiger partial charge in [0.25, 0.3) is 0 Å². The lowest BCUT2D eigenvalue weighted by molar-refractivity contribution is 0.276. The van der Waals surface area contributed by atoms with Gasteiger partial charge in [0, 0.05) is 18.8 Å². The first-order valence-corrected chi connectivity index (χ1v) is 4.47. The molecule has 0 aliphatic carbocycles. The van der Waals surface area contributed by atoms with Crippen molar-refractivity contribution in [3.8, 4) is 0 Å². The molecular formula is C11H15N. The standard InChI is InChI=1S/C11H15N/c1-11(2)8-12(9-11)10-6-4-3-5-7-10/h3-7H,8-9H2,1-2H3. The van der Waals surface area contributed by atoms with E-state index in [1.807, 2.05) is 0 Å². The van der Waals surface area contributed by atoms with E-state index >= 15 is 0 Å². The Morgan fingerprint density at radius 1 is 1.08 bits per heavy atom. The van der Waals surface area contributed by atoms with Crippen LogP contribution in [-0.2, 0) is 0 Å². The Balaban J connectivity index is 2.06. The minimum absolute atomic E-state index is 0.524. The van der Waals surface area contributed by atoms with E-state index in [9.17, 15) is 0 Å². The summed E-state index contributed by atoms with van der Waals surface area (Å²) in [6.07, 6.45) is 0. The van der Waals surface area contributed by atoms with Crippen LogP contribution in [0.25, 0.3) is 0 Å². The van der Waals surface area contributed by atoms with Crippen LogP contribution in [0.3, 0.4) is 0 Å². The zero-order valence-corrected chi connectivity index (χ0v) is 7.75. The summed E-state index contributed by atoms with van der Waals surface area (Å²) in [5.74, 6) is 0. The van der Waals surface area contributed by atoms with Gasteiger partial charge < -0.3 is 4.90 Å². The fourth-order valence-corrected chi connectivity index (χ4v) is 1.81. The molecule has 0 N–H and O–H groups in total. The Hall–Kier alpha value is -0.980. The number of para-hydroxylation sites is 1. The van der Waals surface area contributed by atoms with Crippen molar-refractivity contribution in [3.63, 3.8) is 0 Å². The van der Waals surface area contributed by atoms with Gasteiger partial charge in [-0.15, -0.1) is 0 Å². The van der Waals surface area contributed by atoms with E-state index in [1.54, 1.807) is 0 Å². The van der Waals surface area contributed by atoms with Crippen molar-refractivity contribution < 1.29 is 0 Å². The van der Waals surface area contributed by atoms with Gasteiger partial charge in [-0.1, -0.05) is 32.0 Å². The molecule has 1 saturated heterocycles. The molecule has 2 rings (SSSR count). The largest absolute Gasteiger partial charge is 0.370 e. The summed E-state index contributed by atoms with van der Waals surface area (Å²) in [5.41, 5.74) is 1.88. The van der Waals surface area contributed by atoms with Gasteiger partial charge in [0.2, 0.25) is 0 Å². The second-order valence-electron chi connectivity index (χ2n) is 4.36. The molecule has 12 heavy (non-hydrogen) atoms. The Kier molecular flexibility index (Phi) is 1.60. The Morgan fingerprint density at radius 3 is 2.17 bits per heavy atom. The van der Waals surface area contributed by atoms with Crippen molar-refractivity contribution in [1.29, 1.82) is 0 Å². The van der Waals surface area contributed by atoms with Crippen molar-refractivity contribution in [1.82, 2.24) is 0 Å². The molecule has 0 spiro atoms. The third kappa shape index (κ3) is 1.31. The summed E-state index contributed by atoms with van der Waals surface area (Å²) >= 11 is 0. The van der Waals surface area contributed by atoms with Gasteiger partial charge in [0.05, 0.1) is 0 Å². The summed E-state index contributed by atoms with van der Waals surface area (Å²) < 4.78 is 0. The highest BCUT2D eigenvalue weighted by molar-refractivity contribution is 5.49. The van der Waals surface area contributed by atoms with Crippen LogP contribution in [0.2, 0.25) is 0 Å². The van der Waals surface area contributed by atoms with E-state index in [0.717, 1.165) is 0 Å². The maximum Gasteiger partial charge on any atom is 0.0366 e. The molecule has 1 nitrogen and oxygen atoms in total. The minimum Gasteiger partial charge on any atom is -0.370 e. The molecular weight excluding hydrogens is 146 g/mol. The second kappa shape index (κ2) is 2.51. The Bertz CT molecular complexity index is 256. The number of anilines is 1. The third-order valence-corrected chi connectivity index (χ3v) is 2.36. The van der Waals surface area contributed by atoms with E-state index in [1.165, 1.54) is 18.8 Å². The van der Waals surface area contributed by atoms with Gasteiger partial charge in [-0.2, -0.15) is 0 Å². The summed E-state index contributed by atoms with van der Waals surface area (Å²) in [4.78, 5) is 2.42. The van der Waals surface area contributed by atoms with E-state index in [0.29, 0.717) is 5.41 Å². The maximum atomic E-state index is 2.42. The Labute approximate surface area is 74.0 Å². The highest BCUT2D eigenvalue weighted by Crippen LogP contribution is 2.32. The van der Waals surface area contributed by atoms with Crippen molar-refractivity contribution in [2.45, 2.75) is 13.8 Å². The fourth-order valence-electron chi connectivity index (χ4n) is 1.81. The van der Waals surface area contributed by atoms with E-state index in [2.05, 4.69) is 49.1 Å². The summed E-state index contributed by atoms with van der Waals surface area (Å²) in [6, 6.07) is 10.6. The minimum atomic E-state index is 0.524. The molecule has 0 amide bonds. The van der Waals surface area contributed by atoms with Gasteiger partial charge in [-0.05, 0) is 17.5 Å². The highest BCUT2D eigenvalue weighted by Gasteiger charge is 2.33. The molecule has 0 atom stereocenters. The normalized spacial score (nSPS) is 20.3. The summed E-state index contributed by atoms with van der Waals surface area (Å²) in [6.45, 7) is 7.01. The van der Waals surface area contributed by atoms with Gasteiger partial charge in [-0.3, -0.25) is 0 Å². The number of rotatable bonds is 1. The molecule has 1 aromatic carbocycles. The molecule has 64 valence electrons. The van der Waals surface area contributed by atoms with Crippen LogP contribution in [0.15, 0.2) is 30.3 Å². The molecule has 0 unspecified atom stereocenters. The topological polar surface area (TPSA) is 3.24 Å². The molecule has 1 fully saturated rings. The SMILES string of the molecule is CC1(C)CN(c2ccccc2)C1. The average Bonchev–Trinajstić information content (AvgIpc) is 2.02. The molecule has 1 heteroatoms. The van der Waals surface area contributed by atoms with Crippen LogP contribution < -0.4 is 4.90 Å². The first-order chi connectivity index (χ1) is 5.67. The summed E-state index contributed by atoms with van der Waals surface area (Å²) in [7, 11) is 0. The summed E-state index contributed by atoms with van der Waals surface area (Å²) in [5, 5.41) is 0. The maximum absolute atomic E-state index is 2.42. The fraction of sp³-hybridized carbons (Fsp3) is 0.455. The lowest BCUT2D eigenvalue weighted by Gasteiger charge is -2.47. The van der Waals surface area contributed by atoms with Crippen molar-refractivity contribution in [2.24, 2.45) is 5.41 Å². The molecule has 1 aromatic rings. The number of benzene rings is 1. The molecule has 0 aromatic heterocycles. The van der Waals surface area contributed by atoms with Gasteiger partial charge >= 0.3 is 0 Å². The third-order valence-electron chi connectivity index (χ3n) is 2.36. The van der Waals surface area contributed by atoms with E-state index in [-0.39, 0.29) is 0 Å². The predicted octanol–water partition coefficient (Wildman–Crippen LogP) is 2.53. The van der Waals surface area contributed by atoms with Crippen LogP contribution in [0.1, 0.15) is 13.8 Å². The zero-order valence-electron chi connectivity index (χ0n) is 7.75. The quantitative estimate of drug-likeness (QED) is 0.611. The smallest absolute Gasteiger partial charge is 0.0366 e. The molecule has 0 bridgehead atoms.